The Kier molecular flexibility index (Phi) is 4.62. The molecule has 0 amide bonds. The van der Waals surface area contributed by atoms with Gasteiger partial charge in [-0.15, -0.1) is 0 Å². The van der Waals surface area contributed by atoms with Crippen LogP contribution in [0, 0.1) is 0 Å². The van der Waals surface area contributed by atoms with E-state index in [0.29, 0.717) is 50.2 Å². The van der Waals surface area contributed by atoms with Crippen molar-refractivity contribution in [2.24, 2.45) is 0 Å². The number of rotatable bonds is 6. The first kappa shape index (κ1) is 17.0. The molecule has 0 atom stereocenters. The van der Waals surface area contributed by atoms with E-state index in [1.165, 1.54) is 4.31 Å². The number of hydrogen-bond acceptors (Lipinski definition) is 6. The number of ether oxygens (including phenoxy) is 1. The number of imidazole rings is 1. The number of hydrogen-bond donors (Lipinski definition) is 1. The highest BCUT2D eigenvalue weighted by Crippen LogP contribution is 2.26. The van der Waals surface area contributed by atoms with Crippen molar-refractivity contribution in [2.45, 2.75) is 6.54 Å². The maximum atomic E-state index is 12.5. The predicted octanol–water partition coefficient (Wildman–Crippen LogP) is 1.20. The van der Waals surface area contributed by atoms with E-state index in [2.05, 4.69) is 15.2 Å². The molecule has 0 spiro atoms. The Hall–Kier alpha value is -2.43. The molecule has 0 unspecified atom stereocenters. The number of furan rings is 1. The molecule has 1 fully saturated rings. The maximum Gasteiger partial charge on any atom is 0.216 e. The molecule has 0 aliphatic carbocycles. The van der Waals surface area contributed by atoms with Crippen LogP contribution in [-0.4, -0.2) is 64.5 Å². The summed E-state index contributed by atoms with van der Waals surface area (Å²) in [5, 5.41) is 6.74. The summed E-state index contributed by atoms with van der Waals surface area (Å²) in [4.78, 5) is 4.31. The van der Waals surface area contributed by atoms with Crippen LogP contribution in [0.3, 0.4) is 0 Å². The second-order valence-electron chi connectivity index (χ2n) is 5.91. The highest BCUT2D eigenvalue weighted by atomic mass is 32.2. The van der Waals surface area contributed by atoms with Gasteiger partial charge in [-0.05, 0) is 18.2 Å². The number of nitrogens with one attached hydrogen (secondary N) is 1. The SMILES string of the molecule is O=S(=O)(CCn1ccnc1-c1ccc(-c2ccn[nH]2)o1)N1CCOCC1. The second-order valence-corrected chi connectivity index (χ2v) is 7.99. The van der Waals surface area contributed by atoms with Crippen molar-refractivity contribution < 1.29 is 17.6 Å². The summed E-state index contributed by atoms with van der Waals surface area (Å²) in [5.74, 6) is 1.81. The van der Waals surface area contributed by atoms with E-state index >= 15 is 0 Å². The minimum atomic E-state index is -3.33. The zero-order valence-corrected chi connectivity index (χ0v) is 14.9. The first-order valence-electron chi connectivity index (χ1n) is 8.30. The summed E-state index contributed by atoms with van der Waals surface area (Å²) >= 11 is 0. The largest absolute Gasteiger partial charge is 0.451 e. The van der Waals surface area contributed by atoms with Crippen LogP contribution in [0.25, 0.3) is 23.0 Å². The lowest BCUT2D eigenvalue weighted by Crippen LogP contribution is -2.42. The fourth-order valence-corrected chi connectivity index (χ4v) is 4.27. The molecule has 1 saturated heterocycles. The van der Waals surface area contributed by atoms with Gasteiger partial charge in [0.25, 0.3) is 0 Å². The van der Waals surface area contributed by atoms with Crippen LogP contribution in [0.2, 0.25) is 0 Å². The second kappa shape index (κ2) is 7.06. The minimum absolute atomic E-state index is 0.00444. The summed E-state index contributed by atoms with van der Waals surface area (Å²) in [7, 11) is -3.33. The molecule has 0 bridgehead atoms. The Morgan fingerprint density at radius 3 is 2.69 bits per heavy atom. The monoisotopic (exact) mass is 377 g/mol. The van der Waals surface area contributed by atoms with Gasteiger partial charge in [-0.3, -0.25) is 5.10 Å². The van der Waals surface area contributed by atoms with E-state index in [9.17, 15) is 8.42 Å². The molecule has 0 saturated carbocycles. The Labute approximate surface area is 150 Å². The third-order valence-electron chi connectivity index (χ3n) is 4.26. The predicted molar refractivity (Wildman–Crippen MR) is 93.7 cm³/mol. The molecule has 9 nitrogen and oxygen atoms in total. The third-order valence-corrected chi connectivity index (χ3v) is 6.11. The maximum absolute atomic E-state index is 12.5. The van der Waals surface area contributed by atoms with Crippen LogP contribution < -0.4 is 0 Å². The van der Waals surface area contributed by atoms with Gasteiger partial charge < -0.3 is 13.7 Å². The van der Waals surface area contributed by atoms with Crippen LogP contribution in [0.5, 0.6) is 0 Å². The highest BCUT2D eigenvalue weighted by molar-refractivity contribution is 7.89. The number of H-pyrrole nitrogens is 1. The fourth-order valence-electron chi connectivity index (χ4n) is 2.88. The average molecular weight is 377 g/mol. The van der Waals surface area contributed by atoms with E-state index in [-0.39, 0.29) is 5.75 Å². The number of nitrogens with zero attached hydrogens (tertiary/aromatic N) is 4. The zero-order chi connectivity index (χ0) is 18.0. The van der Waals surface area contributed by atoms with E-state index in [4.69, 9.17) is 9.15 Å². The van der Waals surface area contributed by atoms with Crippen molar-refractivity contribution in [1.82, 2.24) is 24.1 Å². The van der Waals surface area contributed by atoms with Gasteiger partial charge in [-0.2, -0.15) is 9.40 Å². The van der Waals surface area contributed by atoms with Gasteiger partial charge in [0.15, 0.2) is 17.3 Å². The summed E-state index contributed by atoms with van der Waals surface area (Å²) in [6.45, 7) is 2.00. The molecular weight excluding hydrogens is 358 g/mol. The normalized spacial score (nSPS) is 16.2. The molecule has 3 aromatic heterocycles. The third kappa shape index (κ3) is 3.43. The van der Waals surface area contributed by atoms with Gasteiger partial charge in [-0.1, -0.05) is 0 Å². The number of sulfonamides is 1. The van der Waals surface area contributed by atoms with Gasteiger partial charge >= 0.3 is 0 Å². The van der Waals surface area contributed by atoms with Crippen LogP contribution in [-0.2, 0) is 21.3 Å². The molecule has 1 aliphatic heterocycles. The summed E-state index contributed by atoms with van der Waals surface area (Å²) in [6, 6.07) is 5.45. The topological polar surface area (TPSA) is 106 Å². The smallest absolute Gasteiger partial charge is 0.216 e. The Bertz CT molecular complexity index is 955. The van der Waals surface area contributed by atoms with Crippen molar-refractivity contribution >= 4 is 10.0 Å². The van der Waals surface area contributed by atoms with E-state index in [1.54, 1.807) is 23.2 Å². The summed E-state index contributed by atoms with van der Waals surface area (Å²) in [6.07, 6.45) is 5.03. The van der Waals surface area contributed by atoms with E-state index < -0.39 is 10.0 Å². The molecule has 3 aromatic rings. The Morgan fingerprint density at radius 2 is 1.92 bits per heavy atom. The van der Waals surface area contributed by atoms with E-state index in [1.807, 2.05) is 18.2 Å². The molecule has 1 N–H and O–H groups in total. The van der Waals surface area contributed by atoms with Gasteiger partial charge in [0.2, 0.25) is 10.0 Å². The van der Waals surface area contributed by atoms with Crippen molar-refractivity contribution in [3.8, 4) is 23.0 Å². The highest BCUT2D eigenvalue weighted by Gasteiger charge is 2.24. The van der Waals surface area contributed by atoms with Gasteiger partial charge in [0, 0.05) is 38.2 Å². The zero-order valence-electron chi connectivity index (χ0n) is 14.0. The van der Waals surface area contributed by atoms with Crippen molar-refractivity contribution in [2.75, 3.05) is 32.1 Å². The Morgan fingerprint density at radius 1 is 1.12 bits per heavy atom. The van der Waals surface area contributed by atoms with Crippen LogP contribution in [0.1, 0.15) is 0 Å². The molecule has 138 valence electrons. The lowest BCUT2D eigenvalue weighted by molar-refractivity contribution is 0.0730. The van der Waals surface area contributed by atoms with Crippen molar-refractivity contribution in [3.63, 3.8) is 0 Å². The van der Waals surface area contributed by atoms with Gasteiger partial charge in [0.05, 0.1) is 19.0 Å². The first-order chi connectivity index (χ1) is 12.6. The number of aryl methyl sites for hydroxylation is 1. The van der Waals surface area contributed by atoms with Crippen molar-refractivity contribution in [1.29, 1.82) is 0 Å². The molecule has 1 aliphatic rings. The fraction of sp³-hybridized carbons (Fsp3) is 0.375. The standard InChI is InChI=1S/C16H19N5O4S/c22-26(23,21-7-10-24-11-8-21)12-9-20-6-5-17-16(20)15-2-1-14(25-15)13-3-4-18-19-13/h1-6H,7-12H2,(H,18,19). The van der Waals surface area contributed by atoms with Gasteiger partial charge in [-0.25, -0.2) is 13.4 Å². The van der Waals surface area contributed by atoms with Crippen molar-refractivity contribution in [3.05, 3.63) is 36.8 Å². The van der Waals surface area contributed by atoms with Crippen LogP contribution in [0.15, 0.2) is 41.2 Å². The number of aromatic nitrogens is 4. The molecule has 10 heteroatoms. The van der Waals surface area contributed by atoms with Gasteiger partial charge in [0.1, 0.15) is 5.69 Å². The molecule has 0 aromatic carbocycles. The first-order valence-corrected chi connectivity index (χ1v) is 9.91. The molecular formula is C16H19N5O4S. The van der Waals surface area contributed by atoms with Crippen LogP contribution in [0.4, 0.5) is 0 Å². The minimum Gasteiger partial charge on any atom is -0.451 e. The molecule has 4 heterocycles. The number of morpholine rings is 1. The lowest BCUT2D eigenvalue weighted by Gasteiger charge is -2.26. The quantitative estimate of drug-likeness (QED) is 0.692. The molecule has 4 rings (SSSR count). The van der Waals surface area contributed by atoms with E-state index in [0.717, 1.165) is 5.69 Å². The lowest BCUT2D eigenvalue weighted by atomic mass is 10.3. The van der Waals surface area contributed by atoms with Crippen LogP contribution >= 0.6 is 0 Å². The number of aromatic amines is 1. The molecule has 26 heavy (non-hydrogen) atoms. The summed E-state index contributed by atoms with van der Waals surface area (Å²) in [5.41, 5.74) is 0.768. The average Bonchev–Trinajstić information content (AvgIpc) is 3.41. The Balaban J connectivity index is 1.49. The summed E-state index contributed by atoms with van der Waals surface area (Å²) < 4.78 is 39.3. The molecule has 0 radical (unpaired) electrons.